The Balaban J connectivity index is 1.77. The second-order valence-electron chi connectivity index (χ2n) is 6.13. The SMILES string of the molecule is Cn1cnc2cc(N3CCN4CCC3CC4)ccc2c1=O. The Kier molecular flexibility index (Phi) is 2.96. The van der Waals surface area contributed by atoms with Gasteiger partial charge in [-0.2, -0.15) is 0 Å². The first-order chi connectivity index (χ1) is 10.2. The molecular formula is C16H20N4O. The van der Waals surface area contributed by atoms with Crippen molar-refractivity contribution in [2.75, 3.05) is 31.1 Å². The number of hydrogen-bond acceptors (Lipinski definition) is 4. The van der Waals surface area contributed by atoms with Crippen molar-refractivity contribution >= 4 is 16.6 Å². The molecule has 3 aliphatic heterocycles. The number of nitrogens with zero attached hydrogens (tertiary/aromatic N) is 4. The third kappa shape index (κ3) is 2.12. The normalized spacial score (nSPS) is 25.3. The minimum absolute atomic E-state index is 0.0226. The lowest BCUT2D eigenvalue weighted by atomic mass is 10.0. The van der Waals surface area contributed by atoms with E-state index in [2.05, 4.69) is 26.9 Å². The van der Waals surface area contributed by atoms with Crippen molar-refractivity contribution in [1.82, 2.24) is 14.5 Å². The third-order valence-electron chi connectivity index (χ3n) is 4.89. The van der Waals surface area contributed by atoms with E-state index in [0.717, 1.165) is 18.6 Å². The largest absolute Gasteiger partial charge is 0.367 e. The Hall–Kier alpha value is -1.88. The molecule has 5 nitrogen and oxygen atoms in total. The third-order valence-corrected chi connectivity index (χ3v) is 4.89. The highest BCUT2D eigenvalue weighted by molar-refractivity contribution is 5.81. The van der Waals surface area contributed by atoms with Crippen molar-refractivity contribution in [3.63, 3.8) is 0 Å². The Morgan fingerprint density at radius 1 is 1.14 bits per heavy atom. The van der Waals surface area contributed by atoms with Crippen LogP contribution in [0, 0.1) is 0 Å². The van der Waals surface area contributed by atoms with Crippen LogP contribution in [0.15, 0.2) is 29.3 Å². The second kappa shape index (κ2) is 4.84. The summed E-state index contributed by atoms with van der Waals surface area (Å²) < 4.78 is 1.53. The molecule has 21 heavy (non-hydrogen) atoms. The molecule has 0 saturated carbocycles. The van der Waals surface area contributed by atoms with Crippen LogP contribution in [0.2, 0.25) is 0 Å². The monoisotopic (exact) mass is 284 g/mol. The summed E-state index contributed by atoms with van der Waals surface area (Å²) >= 11 is 0. The Morgan fingerprint density at radius 3 is 2.76 bits per heavy atom. The van der Waals surface area contributed by atoms with Gasteiger partial charge in [0.15, 0.2) is 0 Å². The van der Waals surface area contributed by atoms with Gasteiger partial charge in [0.1, 0.15) is 0 Å². The lowest BCUT2D eigenvalue weighted by Crippen LogP contribution is -2.37. The quantitative estimate of drug-likeness (QED) is 0.789. The van der Waals surface area contributed by atoms with Gasteiger partial charge in [-0.3, -0.25) is 4.79 Å². The van der Waals surface area contributed by atoms with Crippen molar-refractivity contribution in [2.24, 2.45) is 7.05 Å². The fourth-order valence-electron chi connectivity index (χ4n) is 3.60. The minimum atomic E-state index is 0.0226. The highest BCUT2D eigenvalue weighted by Crippen LogP contribution is 2.28. The van der Waals surface area contributed by atoms with Crippen molar-refractivity contribution in [3.05, 3.63) is 34.9 Å². The molecule has 0 spiro atoms. The molecular weight excluding hydrogens is 264 g/mol. The number of fused-ring (bicyclic) bond motifs is 5. The fraction of sp³-hybridized carbons (Fsp3) is 0.500. The number of piperidine rings is 1. The van der Waals surface area contributed by atoms with Crippen molar-refractivity contribution in [2.45, 2.75) is 18.9 Å². The van der Waals surface area contributed by atoms with E-state index in [9.17, 15) is 4.79 Å². The standard InChI is InChI=1S/C16H20N4O/c1-18-11-17-15-10-13(2-3-14(15)16(18)21)20-9-8-19-6-4-12(20)5-7-19/h2-3,10-12H,4-9H2,1H3. The summed E-state index contributed by atoms with van der Waals surface area (Å²) in [5.41, 5.74) is 2.03. The molecule has 3 saturated heterocycles. The molecule has 4 heterocycles. The maximum atomic E-state index is 12.1. The minimum Gasteiger partial charge on any atom is -0.367 e. The van der Waals surface area contributed by atoms with Gasteiger partial charge in [0.25, 0.3) is 5.56 Å². The van der Waals surface area contributed by atoms with Gasteiger partial charge in [-0.25, -0.2) is 4.98 Å². The molecule has 5 heteroatoms. The first-order valence-electron chi connectivity index (χ1n) is 7.67. The number of hydrogen-bond donors (Lipinski definition) is 0. The van der Waals surface area contributed by atoms with E-state index in [0.29, 0.717) is 11.4 Å². The maximum absolute atomic E-state index is 12.1. The average molecular weight is 284 g/mol. The zero-order valence-corrected chi connectivity index (χ0v) is 12.3. The van der Waals surface area contributed by atoms with E-state index in [4.69, 9.17) is 0 Å². The zero-order chi connectivity index (χ0) is 14.4. The van der Waals surface area contributed by atoms with Crippen LogP contribution in [-0.4, -0.2) is 46.7 Å². The summed E-state index contributed by atoms with van der Waals surface area (Å²) in [6.45, 7) is 4.64. The number of anilines is 1. The van der Waals surface area contributed by atoms with E-state index >= 15 is 0 Å². The summed E-state index contributed by atoms with van der Waals surface area (Å²) in [5, 5.41) is 0.701. The van der Waals surface area contributed by atoms with Crippen LogP contribution in [0.5, 0.6) is 0 Å². The van der Waals surface area contributed by atoms with Gasteiger partial charge in [-0.05, 0) is 31.0 Å². The van der Waals surface area contributed by atoms with Crippen molar-refractivity contribution in [1.29, 1.82) is 0 Å². The van der Waals surface area contributed by atoms with Gasteiger partial charge in [0.05, 0.1) is 17.2 Å². The summed E-state index contributed by atoms with van der Waals surface area (Å²) in [7, 11) is 1.74. The van der Waals surface area contributed by atoms with Gasteiger partial charge in [0.2, 0.25) is 0 Å². The molecule has 1 aromatic carbocycles. The van der Waals surface area contributed by atoms with Gasteiger partial charge in [-0.15, -0.1) is 0 Å². The number of rotatable bonds is 1. The summed E-state index contributed by atoms with van der Waals surface area (Å²) in [4.78, 5) is 21.6. The van der Waals surface area contributed by atoms with Gasteiger partial charge in [0, 0.05) is 45.0 Å². The highest BCUT2D eigenvalue weighted by Gasteiger charge is 2.29. The number of aryl methyl sites for hydroxylation is 1. The second-order valence-corrected chi connectivity index (χ2v) is 6.13. The van der Waals surface area contributed by atoms with Crippen LogP contribution in [0.3, 0.4) is 0 Å². The number of aromatic nitrogens is 2. The molecule has 3 aliphatic rings. The molecule has 2 aromatic rings. The lowest BCUT2D eigenvalue weighted by Gasteiger charge is -2.33. The van der Waals surface area contributed by atoms with Crippen LogP contribution in [0.25, 0.3) is 10.9 Å². The Labute approximate surface area is 123 Å². The van der Waals surface area contributed by atoms with E-state index in [1.165, 1.54) is 36.2 Å². The lowest BCUT2D eigenvalue weighted by molar-refractivity contribution is 0.250. The number of benzene rings is 1. The topological polar surface area (TPSA) is 41.4 Å². The van der Waals surface area contributed by atoms with E-state index < -0.39 is 0 Å². The van der Waals surface area contributed by atoms with Crippen LogP contribution >= 0.6 is 0 Å². The van der Waals surface area contributed by atoms with Crippen LogP contribution < -0.4 is 10.5 Å². The molecule has 0 atom stereocenters. The van der Waals surface area contributed by atoms with Crippen LogP contribution in [0.1, 0.15) is 12.8 Å². The smallest absolute Gasteiger partial charge is 0.260 e. The van der Waals surface area contributed by atoms with Crippen molar-refractivity contribution in [3.8, 4) is 0 Å². The van der Waals surface area contributed by atoms with E-state index in [1.54, 1.807) is 13.4 Å². The molecule has 0 aliphatic carbocycles. The molecule has 0 amide bonds. The summed E-state index contributed by atoms with van der Waals surface area (Å²) in [5.74, 6) is 0. The predicted octanol–water partition coefficient (Wildman–Crippen LogP) is 1.22. The van der Waals surface area contributed by atoms with Crippen LogP contribution in [0.4, 0.5) is 5.69 Å². The summed E-state index contributed by atoms with van der Waals surface area (Å²) in [6.07, 6.45) is 4.08. The van der Waals surface area contributed by atoms with Crippen molar-refractivity contribution < 1.29 is 0 Å². The van der Waals surface area contributed by atoms with Gasteiger partial charge < -0.3 is 14.4 Å². The molecule has 0 unspecified atom stereocenters. The Morgan fingerprint density at radius 2 is 1.95 bits per heavy atom. The van der Waals surface area contributed by atoms with Gasteiger partial charge in [-0.1, -0.05) is 0 Å². The molecule has 110 valence electrons. The Bertz CT molecular complexity index is 731. The molecule has 3 fully saturated rings. The molecule has 5 rings (SSSR count). The summed E-state index contributed by atoms with van der Waals surface area (Å²) in [6, 6.07) is 6.72. The predicted molar refractivity (Wildman–Crippen MR) is 83.8 cm³/mol. The first kappa shape index (κ1) is 12.8. The molecule has 2 bridgehead atoms. The van der Waals surface area contributed by atoms with E-state index in [-0.39, 0.29) is 5.56 Å². The maximum Gasteiger partial charge on any atom is 0.260 e. The zero-order valence-electron chi connectivity index (χ0n) is 12.3. The average Bonchev–Trinajstić information content (AvgIpc) is 2.84. The highest BCUT2D eigenvalue weighted by atomic mass is 16.1. The molecule has 0 radical (unpaired) electrons. The van der Waals surface area contributed by atoms with Crippen LogP contribution in [-0.2, 0) is 7.05 Å². The first-order valence-corrected chi connectivity index (χ1v) is 7.67. The molecule has 1 aromatic heterocycles. The van der Waals surface area contributed by atoms with Gasteiger partial charge >= 0.3 is 0 Å². The molecule has 0 N–H and O–H groups in total. The fourth-order valence-corrected chi connectivity index (χ4v) is 3.60. The van der Waals surface area contributed by atoms with E-state index in [1.807, 2.05) is 6.07 Å².